The second kappa shape index (κ2) is 3.89. The molecule has 2 heteroatoms. The van der Waals surface area contributed by atoms with Crippen LogP contribution in [0.2, 0.25) is 0 Å². The van der Waals surface area contributed by atoms with Crippen LogP contribution < -0.4 is 5.73 Å². The number of rotatable bonds is 1. The lowest BCUT2D eigenvalue weighted by Crippen LogP contribution is -1.87. The average molecular weight is 213 g/mol. The van der Waals surface area contributed by atoms with Gasteiger partial charge in [-0.15, -0.1) is 0 Å². The molecular formula is C14H15NO. The first-order valence-corrected chi connectivity index (χ1v) is 5.23. The Morgan fingerprint density at radius 3 is 2.19 bits per heavy atom. The summed E-state index contributed by atoms with van der Waals surface area (Å²) in [5.74, 6) is 0.263. The molecule has 2 rings (SSSR count). The van der Waals surface area contributed by atoms with Gasteiger partial charge in [0.15, 0.2) is 0 Å². The minimum Gasteiger partial charge on any atom is -0.507 e. The number of nitrogens with two attached hydrogens (primary N) is 1. The molecule has 0 bridgehead atoms. The molecule has 0 heterocycles. The largest absolute Gasteiger partial charge is 0.507 e. The molecule has 0 atom stereocenters. The predicted molar refractivity (Wildman–Crippen MR) is 67.4 cm³/mol. The van der Waals surface area contributed by atoms with E-state index in [1.807, 2.05) is 26.0 Å². The number of anilines is 1. The summed E-state index contributed by atoms with van der Waals surface area (Å²) in [6.45, 7) is 4.08. The number of phenolic OH excluding ortho intramolecular Hbond substituents is 1. The number of hydrogen-bond acceptors (Lipinski definition) is 2. The Morgan fingerprint density at radius 2 is 1.56 bits per heavy atom. The van der Waals surface area contributed by atoms with Crippen molar-refractivity contribution in [2.75, 3.05) is 5.73 Å². The molecule has 0 aliphatic carbocycles. The lowest BCUT2D eigenvalue weighted by atomic mass is 9.99. The second-order valence-electron chi connectivity index (χ2n) is 4.15. The van der Waals surface area contributed by atoms with Gasteiger partial charge in [-0.2, -0.15) is 0 Å². The zero-order valence-corrected chi connectivity index (χ0v) is 9.49. The molecule has 0 amide bonds. The molecule has 2 aromatic carbocycles. The van der Waals surface area contributed by atoms with Gasteiger partial charge in [0.2, 0.25) is 0 Å². The highest BCUT2D eigenvalue weighted by molar-refractivity contribution is 5.74. The van der Waals surface area contributed by atoms with Crippen LogP contribution in [0.3, 0.4) is 0 Å². The summed E-state index contributed by atoms with van der Waals surface area (Å²) < 4.78 is 0. The van der Waals surface area contributed by atoms with Crippen LogP contribution in [0.4, 0.5) is 5.69 Å². The Balaban J connectivity index is 2.62. The third kappa shape index (κ3) is 2.01. The van der Waals surface area contributed by atoms with E-state index in [4.69, 9.17) is 5.73 Å². The van der Waals surface area contributed by atoms with E-state index in [9.17, 15) is 5.11 Å². The van der Waals surface area contributed by atoms with Crippen LogP contribution in [0.5, 0.6) is 5.75 Å². The van der Waals surface area contributed by atoms with Crippen LogP contribution in [0.25, 0.3) is 11.1 Å². The van der Waals surface area contributed by atoms with Gasteiger partial charge >= 0.3 is 0 Å². The van der Waals surface area contributed by atoms with E-state index in [1.165, 1.54) is 11.1 Å². The van der Waals surface area contributed by atoms with Gasteiger partial charge in [-0.05, 0) is 37.6 Å². The molecule has 0 aliphatic heterocycles. The van der Waals surface area contributed by atoms with Gasteiger partial charge < -0.3 is 10.8 Å². The van der Waals surface area contributed by atoms with E-state index in [-0.39, 0.29) is 5.75 Å². The van der Waals surface area contributed by atoms with E-state index >= 15 is 0 Å². The molecule has 0 radical (unpaired) electrons. The topological polar surface area (TPSA) is 46.2 Å². The predicted octanol–water partition coefficient (Wildman–Crippen LogP) is 3.26. The highest BCUT2D eigenvalue weighted by Gasteiger charge is 2.05. The Hall–Kier alpha value is -1.96. The molecule has 3 N–H and O–H groups in total. The van der Waals surface area contributed by atoms with Crippen LogP contribution in [-0.2, 0) is 0 Å². The van der Waals surface area contributed by atoms with Crippen molar-refractivity contribution < 1.29 is 5.11 Å². The normalized spacial score (nSPS) is 10.4. The van der Waals surface area contributed by atoms with Gasteiger partial charge in [0, 0.05) is 11.3 Å². The Morgan fingerprint density at radius 1 is 0.938 bits per heavy atom. The molecule has 0 aliphatic rings. The van der Waals surface area contributed by atoms with Gasteiger partial charge in [0.25, 0.3) is 0 Å². The fourth-order valence-electron chi connectivity index (χ4n) is 1.92. The van der Waals surface area contributed by atoms with Crippen molar-refractivity contribution in [2.45, 2.75) is 13.8 Å². The van der Waals surface area contributed by atoms with Gasteiger partial charge in [-0.1, -0.05) is 29.3 Å². The van der Waals surface area contributed by atoms with Gasteiger partial charge in [0.1, 0.15) is 5.75 Å². The SMILES string of the molecule is Cc1cc(C)cc(-c2cc(N)ccc2O)c1. The van der Waals surface area contributed by atoms with Crippen molar-refractivity contribution >= 4 is 5.69 Å². The monoisotopic (exact) mass is 213 g/mol. The molecule has 2 aromatic rings. The number of phenols is 1. The molecular weight excluding hydrogens is 198 g/mol. The first kappa shape index (κ1) is 10.6. The van der Waals surface area contributed by atoms with E-state index in [0.717, 1.165) is 11.1 Å². The average Bonchev–Trinajstić information content (AvgIpc) is 2.20. The van der Waals surface area contributed by atoms with E-state index in [0.29, 0.717) is 5.69 Å². The first-order chi connectivity index (χ1) is 7.56. The molecule has 0 saturated carbocycles. The van der Waals surface area contributed by atoms with E-state index in [2.05, 4.69) is 6.07 Å². The zero-order chi connectivity index (χ0) is 11.7. The lowest BCUT2D eigenvalue weighted by Gasteiger charge is -2.08. The van der Waals surface area contributed by atoms with Crippen molar-refractivity contribution in [1.29, 1.82) is 0 Å². The summed E-state index contributed by atoms with van der Waals surface area (Å²) in [6, 6.07) is 11.3. The Kier molecular flexibility index (Phi) is 2.57. The highest BCUT2D eigenvalue weighted by Crippen LogP contribution is 2.31. The summed E-state index contributed by atoms with van der Waals surface area (Å²) in [5, 5.41) is 9.81. The molecule has 2 nitrogen and oxygen atoms in total. The van der Waals surface area contributed by atoms with Gasteiger partial charge in [-0.3, -0.25) is 0 Å². The lowest BCUT2D eigenvalue weighted by molar-refractivity contribution is 0.477. The summed E-state index contributed by atoms with van der Waals surface area (Å²) in [6.07, 6.45) is 0. The zero-order valence-electron chi connectivity index (χ0n) is 9.49. The molecule has 0 unspecified atom stereocenters. The van der Waals surface area contributed by atoms with Crippen LogP contribution in [0, 0.1) is 13.8 Å². The molecule has 0 aromatic heterocycles. The summed E-state index contributed by atoms with van der Waals surface area (Å²) >= 11 is 0. The molecule has 16 heavy (non-hydrogen) atoms. The van der Waals surface area contributed by atoms with Crippen molar-refractivity contribution in [3.63, 3.8) is 0 Å². The van der Waals surface area contributed by atoms with E-state index < -0.39 is 0 Å². The highest BCUT2D eigenvalue weighted by atomic mass is 16.3. The number of aryl methyl sites for hydroxylation is 2. The van der Waals surface area contributed by atoms with Crippen LogP contribution in [0.15, 0.2) is 36.4 Å². The summed E-state index contributed by atoms with van der Waals surface area (Å²) in [5.41, 5.74) is 10.5. The number of hydrogen-bond donors (Lipinski definition) is 2. The van der Waals surface area contributed by atoms with Crippen molar-refractivity contribution in [3.05, 3.63) is 47.5 Å². The minimum absolute atomic E-state index is 0.263. The van der Waals surface area contributed by atoms with E-state index in [1.54, 1.807) is 18.2 Å². The summed E-state index contributed by atoms with van der Waals surface area (Å²) in [4.78, 5) is 0. The number of aromatic hydroxyl groups is 1. The fraction of sp³-hybridized carbons (Fsp3) is 0.143. The third-order valence-electron chi connectivity index (χ3n) is 2.55. The van der Waals surface area contributed by atoms with Gasteiger partial charge in [0.05, 0.1) is 0 Å². The van der Waals surface area contributed by atoms with Crippen molar-refractivity contribution in [1.82, 2.24) is 0 Å². The maximum absolute atomic E-state index is 9.81. The first-order valence-electron chi connectivity index (χ1n) is 5.23. The quantitative estimate of drug-likeness (QED) is 0.564. The van der Waals surface area contributed by atoms with Gasteiger partial charge in [-0.25, -0.2) is 0 Å². The van der Waals surface area contributed by atoms with Crippen LogP contribution >= 0.6 is 0 Å². The number of nitrogen functional groups attached to an aromatic ring is 1. The maximum atomic E-state index is 9.81. The smallest absolute Gasteiger partial charge is 0.123 e. The Bertz CT molecular complexity index is 512. The molecule has 82 valence electrons. The van der Waals surface area contributed by atoms with Crippen molar-refractivity contribution in [3.8, 4) is 16.9 Å². The minimum atomic E-state index is 0.263. The Labute approximate surface area is 95.4 Å². The van der Waals surface area contributed by atoms with Crippen molar-refractivity contribution in [2.24, 2.45) is 0 Å². The number of benzene rings is 2. The fourth-order valence-corrected chi connectivity index (χ4v) is 1.92. The standard InChI is InChI=1S/C14H15NO/c1-9-5-10(2)7-11(6-9)13-8-12(15)3-4-14(13)16/h3-8,16H,15H2,1-2H3. The molecule has 0 spiro atoms. The maximum Gasteiger partial charge on any atom is 0.123 e. The second-order valence-corrected chi connectivity index (χ2v) is 4.15. The summed E-state index contributed by atoms with van der Waals surface area (Å²) in [7, 11) is 0. The third-order valence-corrected chi connectivity index (χ3v) is 2.55. The molecule has 0 fully saturated rings. The van der Waals surface area contributed by atoms with Crippen LogP contribution in [-0.4, -0.2) is 5.11 Å². The molecule has 0 saturated heterocycles. The van der Waals surface area contributed by atoms with Crippen LogP contribution in [0.1, 0.15) is 11.1 Å².